The van der Waals surface area contributed by atoms with Gasteiger partial charge in [0, 0.05) is 12.8 Å². The molecule has 0 aliphatic rings. The van der Waals surface area contributed by atoms with Crippen LogP contribution in [0.1, 0.15) is 201 Å². The van der Waals surface area contributed by atoms with E-state index in [2.05, 4.69) is 161 Å². The minimum atomic E-state index is -4.79. The summed E-state index contributed by atoms with van der Waals surface area (Å²) >= 11 is 0. The summed E-state index contributed by atoms with van der Waals surface area (Å²) in [6.45, 7) is 4.12. The van der Waals surface area contributed by atoms with E-state index in [9.17, 15) is 28.9 Å². The maximum absolute atomic E-state index is 12.9. The molecule has 78 heavy (non-hydrogen) atoms. The first-order valence-corrected chi connectivity index (χ1v) is 30.9. The van der Waals surface area contributed by atoms with Crippen molar-refractivity contribution in [2.24, 2.45) is 0 Å². The van der Waals surface area contributed by atoms with Crippen LogP contribution < -0.4 is 0 Å². The Morgan fingerprint density at radius 1 is 0.372 bits per heavy atom. The highest BCUT2D eigenvalue weighted by Crippen LogP contribution is 2.43. The van der Waals surface area contributed by atoms with Gasteiger partial charge in [0.05, 0.1) is 26.2 Å². The van der Waals surface area contributed by atoms with E-state index in [1.54, 1.807) is 6.08 Å². The van der Waals surface area contributed by atoms with Crippen molar-refractivity contribution in [2.45, 2.75) is 213 Å². The molecule has 0 aromatic rings. The molecule has 2 N–H and O–H groups in total. The highest BCUT2D eigenvalue weighted by Gasteiger charge is 2.28. The van der Waals surface area contributed by atoms with Crippen LogP contribution in [0.25, 0.3) is 0 Å². The number of aliphatic hydroxyl groups excluding tert-OH is 1. The maximum atomic E-state index is 12.9. The third kappa shape index (κ3) is 55.8. The highest BCUT2D eigenvalue weighted by molar-refractivity contribution is 7.47. The van der Waals surface area contributed by atoms with E-state index in [0.717, 1.165) is 135 Å². The average molecular weight is 1100 g/mol. The zero-order valence-corrected chi connectivity index (χ0v) is 49.2. The molecule has 0 heterocycles. The molecule has 0 spiro atoms. The van der Waals surface area contributed by atoms with Crippen molar-refractivity contribution in [3.05, 3.63) is 158 Å². The molecule has 0 rings (SSSR count). The van der Waals surface area contributed by atoms with Gasteiger partial charge in [-0.2, -0.15) is 0 Å². The van der Waals surface area contributed by atoms with Crippen LogP contribution in [0.15, 0.2) is 158 Å². The van der Waals surface area contributed by atoms with Gasteiger partial charge in [0.15, 0.2) is 6.10 Å². The monoisotopic (exact) mass is 1100 g/mol. The molecule has 3 unspecified atom stereocenters. The third-order valence-electron chi connectivity index (χ3n) is 11.5. The summed E-state index contributed by atoms with van der Waals surface area (Å²) in [7, 11) is -4.79. The second-order valence-corrected chi connectivity index (χ2v) is 20.1. The van der Waals surface area contributed by atoms with Gasteiger partial charge >= 0.3 is 25.7 Å². The quantitative estimate of drug-likeness (QED) is 0.0197. The van der Waals surface area contributed by atoms with Crippen molar-refractivity contribution in [3.63, 3.8) is 0 Å². The van der Waals surface area contributed by atoms with Crippen LogP contribution >= 0.6 is 7.82 Å². The number of allylic oxidation sites excluding steroid dienone is 25. The molecule has 0 aliphatic heterocycles. The summed E-state index contributed by atoms with van der Waals surface area (Å²) in [5, 5.41) is 9.83. The van der Waals surface area contributed by atoms with Crippen molar-refractivity contribution in [1.29, 1.82) is 0 Å². The van der Waals surface area contributed by atoms with Gasteiger partial charge in [0.1, 0.15) is 12.7 Å². The first kappa shape index (κ1) is 73.1. The SMILES string of the molecule is CC/C=C\C/C=C\C/C=C\C/C=C\C/C=C\CCCCCC(=O)OC(COC(=O)C/C=C\C/C=C\C/C=C\C/C=C\C/C=C\CC)COP(=O)(O)OCC(CO)OC(=O)CCCCCCCCC/C=C\C/C=C\C/C=C\CC. The summed E-state index contributed by atoms with van der Waals surface area (Å²) in [6, 6.07) is 0. The Morgan fingerprint density at radius 3 is 1.04 bits per heavy atom. The zero-order chi connectivity index (χ0) is 56.9. The number of carbonyl (C=O) groups excluding carboxylic acids is 3. The predicted octanol–water partition coefficient (Wildman–Crippen LogP) is 17.7. The second-order valence-electron chi connectivity index (χ2n) is 18.7. The summed E-state index contributed by atoms with van der Waals surface area (Å²) in [4.78, 5) is 48.5. The minimum absolute atomic E-state index is 0.0229. The van der Waals surface area contributed by atoms with Crippen molar-refractivity contribution in [2.75, 3.05) is 26.4 Å². The number of phosphoric acid groups is 1. The molecule has 12 heteroatoms. The van der Waals surface area contributed by atoms with E-state index in [1.165, 1.54) is 6.42 Å². The largest absolute Gasteiger partial charge is 0.472 e. The van der Waals surface area contributed by atoms with Crippen LogP contribution in [0.5, 0.6) is 0 Å². The molecule has 3 atom stereocenters. The van der Waals surface area contributed by atoms with Crippen molar-refractivity contribution in [3.8, 4) is 0 Å². The van der Waals surface area contributed by atoms with E-state index in [1.807, 2.05) is 12.2 Å². The van der Waals surface area contributed by atoms with Gasteiger partial charge < -0.3 is 24.2 Å². The normalized spacial score (nSPS) is 14.5. The molecule has 0 saturated heterocycles. The van der Waals surface area contributed by atoms with Gasteiger partial charge in [-0.05, 0) is 122 Å². The molecule has 0 fully saturated rings. The number of phosphoric ester groups is 1. The van der Waals surface area contributed by atoms with E-state index < -0.39 is 64.4 Å². The Bertz CT molecular complexity index is 1910. The molecular weight excluding hydrogens is 1000 g/mol. The topological polar surface area (TPSA) is 155 Å². The average Bonchev–Trinajstić information content (AvgIpc) is 3.43. The van der Waals surface area contributed by atoms with Crippen molar-refractivity contribution in [1.82, 2.24) is 0 Å². The van der Waals surface area contributed by atoms with E-state index >= 15 is 0 Å². The number of carbonyl (C=O) groups is 3. The molecule has 0 radical (unpaired) electrons. The van der Waals surface area contributed by atoms with E-state index in [4.69, 9.17) is 23.3 Å². The third-order valence-corrected chi connectivity index (χ3v) is 12.4. The van der Waals surface area contributed by atoms with Gasteiger partial charge in [-0.25, -0.2) is 4.57 Å². The summed E-state index contributed by atoms with van der Waals surface area (Å²) in [6.07, 6.45) is 76.6. The van der Waals surface area contributed by atoms with Crippen LogP contribution in [-0.2, 0) is 42.2 Å². The molecule has 11 nitrogen and oxygen atoms in total. The number of esters is 3. The first-order valence-electron chi connectivity index (χ1n) is 29.4. The van der Waals surface area contributed by atoms with Gasteiger partial charge in [0.2, 0.25) is 0 Å². The van der Waals surface area contributed by atoms with Gasteiger partial charge in [-0.15, -0.1) is 0 Å². The van der Waals surface area contributed by atoms with Crippen LogP contribution in [0.2, 0.25) is 0 Å². The molecule has 0 aromatic heterocycles. The number of aliphatic hydroxyl groups is 1. The summed E-state index contributed by atoms with van der Waals surface area (Å²) < 4.78 is 39.4. The highest BCUT2D eigenvalue weighted by atomic mass is 31.2. The number of hydrogen-bond donors (Lipinski definition) is 2. The van der Waals surface area contributed by atoms with Gasteiger partial charge in [-0.1, -0.05) is 217 Å². The molecule has 0 amide bonds. The van der Waals surface area contributed by atoms with E-state index in [0.29, 0.717) is 19.3 Å². The summed E-state index contributed by atoms with van der Waals surface area (Å²) in [5.41, 5.74) is 0. The fraction of sp³-hybridized carbons (Fsp3) is 0.561. The number of unbranched alkanes of at least 4 members (excludes halogenated alkanes) is 10. The van der Waals surface area contributed by atoms with Crippen LogP contribution in [0.4, 0.5) is 0 Å². The van der Waals surface area contributed by atoms with Crippen LogP contribution in [-0.4, -0.2) is 66.5 Å². The minimum Gasteiger partial charge on any atom is -0.461 e. The Labute approximate surface area is 473 Å². The summed E-state index contributed by atoms with van der Waals surface area (Å²) in [5.74, 6) is -1.69. The molecule has 0 saturated carbocycles. The number of hydrogen-bond acceptors (Lipinski definition) is 10. The zero-order valence-electron chi connectivity index (χ0n) is 48.3. The molecule has 0 aromatic carbocycles. The Kier molecular flexibility index (Phi) is 54.6. The first-order chi connectivity index (χ1) is 38.2. The van der Waals surface area contributed by atoms with Gasteiger partial charge in [-0.3, -0.25) is 23.4 Å². The van der Waals surface area contributed by atoms with Crippen molar-refractivity contribution >= 4 is 25.7 Å². The molecule has 438 valence electrons. The predicted molar refractivity (Wildman–Crippen MR) is 325 cm³/mol. The fourth-order valence-electron chi connectivity index (χ4n) is 7.12. The van der Waals surface area contributed by atoms with Crippen LogP contribution in [0, 0.1) is 0 Å². The van der Waals surface area contributed by atoms with Crippen LogP contribution in [0.3, 0.4) is 0 Å². The standard InChI is InChI=1S/C66H103O11P/c1-4-7-10-13-16-19-22-25-28-30-31-33-36-39-42-45-48-51-54-57-66(70)77-63(59-73-64(68)55-52-49-46-43-40-37-34-27-24-21-18-15-12-9-6-3)61-75-78(71,72)74-60-62(58-67)76-65(69)56-53-50-47-44-41-38-35-32-29-26-23-20-17-14-11-8-5-2/h7-12,16-21,25-29,31,33-34,39-40,42-43,49,52,62-63,67H,4-6,13-15,22-24,30,32,35-38,41,44-48,50-51,53-61H2,1-3H3,(H,71,72)/b10-7-,11-8-,12-9-,19-16-,20-17-,21-18-,28-25-,29-26-,33-31-,34-27-,42-39-,43-40-,52-49-. The smallest absolute Gasteiger partial charge is 0.461 e. The Hall–Kier alpha value is -4.90. The fourth-order valence-corrected chi connectivity index (χ4v) is 7.90. The molecular formula is C66H103O11P. The Morgan fingerprint density at radius 2 is 0.667 bits per heavy atom. The molecule has 0 bridgehead atoms. The lowest BCUT2D eigenvalue weighted by Crippen LogP contribution is -2.30. The van der Waals surface area contributed by atoms with Gasteiger partial charge in [0.25, 0.3) is 0 Å². The molecule has 0 aliphatic carbocycles. The maximum Gasteiger partial charge on any atom is 0.472 e. The lowest BCUT2D eigenvalue weighted by molar-refractivity contribution is -0.161. The lowest BCUT2D eigenvalue weighted by Gasteiger charge is -2.21. The number of ether oxygens (including phenoxy) is 3. The Balaban J connectivity index is 4.89. The van der Waals surface area contributed by atoms with Crippen molar-refractivity contribution < 1.29 is 52.2 Å². The lowest BCUT2D eigenvalue weighted by atomic mass is 10.1. The second kappa shape index (κ2) is 58.3. The number of rotatable bonds is 52. The van der Waals surface area contributed by atoms with E-state index in [-0.39, 0.29) is 19.3 Å².